The zero-order chi connectivity index (χ0) is 15.8. The van der Waals surface area contributed by atoms with E-state index in [-0.39, 0.29) is 11.8 Å². The molecule has 1 aliphatic carbocycles. The Kier molecular flexibility index (Phi) is 4.20. The van der Waals surface area contributed by atoms with Gasteiger partial charge in [0.25, 0.3) is 0 Å². The van der Waals surface area contributed by atoms with Gasteiger partial charge >= 0.3 is 0 Å². The number of carbonyl (C=O) groups excluding carboxylic acids is 1. The molecule has 2 unspecified atom stereocenters. The highest BCUT2D eigenvalue weighted by molar-refractivity contribution is 6.30. The lowest BCUT2D eigenvalue weighted by atomic mass is 9.95. The molecular formula is C18H23ClN2O2. The Hall–Kier alpha value is -1.26. The van der Waals surface area contributed by atoms with Gasteiger partial charge in [0.05, 0.1) is 5.92 Å². The Morgan fingerprint density at radius 3 is 2.96 bits per heavy atom. The van der Waals surface area contributed by atoms with Crippen molar-refractivity contribution in [2.45, 2.75) is 44.2 Å². The zero-order valence-corrected chi connectivity index (χ0v) is 14.0. The third-order valence-electron chi connectivity index (χ3n) is 5.13. The minimum absolute atomic E-state index is 0.0642. The van der Waals surface area contributed by atoms with Crippen LogP contribution in [0.1, 0.15) is 31.2 Å². The fourth-order valence-electron chi connectivity index (χ4n) is 3.69. The van der Waals surface area contributed by atoms with Crippen LogP contribution >= 0.6 is 11.6 Å². The van der Waals surface area contributed by atoms with E-state index in [1.807, 2.05) is 18.2 Å². The van der Waals surface area contributed by atoms with Crippen LogP contribution in [0.5, 0.6) is 5.75 Å². The molecule has 1 N–H and O–H groups in total. The average molecular weight is 335 g/mol. The number of carbonyl (C=O) groups is 1. The summed E-state index contributed by atoms with van der Waals surface area (Å²) in [6.07, 6.45) is 5.46. The number of rotatable bonds is 4. The molecule has 0 radical (unpaired) electrons. The summed E-state index contributed by atoms with van der Waals surface area (Å²) < 4.78 is 5.81. The standard InChI is InChI=1S/C18H23ClN2O2/c19-14-4-3-12-8-13(11-23-17(12)9-14)18(22)21(16-5-6-16)10-15-2-1-7-20-15/h3-4,9,13,15-16,20H,1-2,5-8,10-11H2. The van der Waals surface area contributed by atoms with E-state index in [0.717, 1.165) is 43.7 Å². The van der Waals surface area contributed by atoms with Gasteiger partial charge in [0.15, 0.2) is 0 Å². The van der Waals surface area contributed by atoms with E-state index >= 15 is 0 Å². The third-order valence-corrected chi connectivity index (χ3v) is 5.37. The minimum atomic E-state index is -0.0642. The molecule has 0 aromatic heterocycles. The molecular weight excluding hydrogens is 312 g/mol. The largest absolute Gasteiger partial charge is 0.492 e. The monoisotopic (exact) mass is 334 g/mol. The normalized spacial score (nSPS) is 26.5. The SMILES string of the molecule is O=C(C1COc2cc(Cl)ccc2C1)N(CC1CCCN1)C1CC1. The minimum Gasteiger partial charge on any atom is -0.492 e. The molecule has 1 saturated heterocycles. The second kappa shape index (κ2) is 6.33. The molecule has 2 fully saturated rings. The number of hydrogen-bond donors (Lipinski definition) is 1. The van der Waals surface area contributed by atoms with Crippen LogP contribution in [0.25, 0.3) is 0 Å². The highest BCUT2D eigenvalue weighted by Crippen LogP contribution is 2.34. The van der Waals surface area contributed by atoms with Gasteiger partial charge in [-0.3, -0.25) is 4.79 Å². The van der Waals surface area contributed by atoms with Crippen LogP contribution in [0.2, 0.25) is 5.02 Å². The predicted molar refractivity (Wildman–Crippen MR) is 89.9 cm³/mol. The van der Waals surface area contributed by atoms with Gasteiger partial charge < -0.3 is 15.0 Å². The lowest BCUT2D eigenvalue weighted by Crippen LogP contribution is -2.47. The molecule has 0 bridgehead atoms. The fraction of sp³-hybridized carbons (Fsp3) is 0.611. The van der Waals surface area contributed by atoms with Gasteiger partial charge in [0.1, 0.15) is 12.4 Å². The number of nitrogens with zero attached hydrogens (tertiary/aromatic N) is 1. The molecule has 2 atom stereocenters. The van der Waals surface area contributed by atoms with E-state index in [1.165, 1.54) is 12.8 Å². The maximum Gasteiger partial charge on any atom is 0.229 e. The van der Waals surface area contributed by atoms with E-state index in [0.29, 0.717) is 23.7 Å². The molecule has 2 aliphatic heterocycles. The van der Waals surface area contributed by atoms with Crippen molar-refractivity contribution in [1.82, 2.24) is 10.2 Å². The molecule has 1 amide bonds. The Bertz CT molecular complexity index is 597. The highest BCUT2D eigenvalue weighted by atomic mass is 35.5. The van der Waals surface area contributed by atoms with E-state index in [4.69, 9.17) is 16.3 Å². The first-order chi connectivity index (χ1) is 11.2. The van der Waals surface area contributed by atoms with E-state index in [1.54, 1.807) is 0 Å². The van der Waals surface area contributed by atoms with E-state index in [9.17, 15) is 4.79 Å². The van der Waals surface area contributed by atoms with Crippen molar-refractivity contribution in [1.29, 1.82) is 0 Å². The number of halogens is 1. The molecule has 4 rings (SSSR count). The van der Waals surface area contributed by atoms with Gasteiger partial charge in [-0.15, -0.1) is 0 Å². The maximum atomic E-state index is 13.0. The van der Waals surface area contributed by atoms with Crippen molar-refractivity contribution >= 4 is 17.5 Å². The highest BCUT2D eigenvalue weighted by Gasteiger charge is 2.38. The number of amides is 1. The third kappa shape index (κ3) is 3.33. The molecule has 23 heavy (non-hydrogen) atoms. The fourth-order valence-corrected chi connectivity index (χ4v) is 3.86. The number of hydrogen-bond acceptors (Lipinski definition) is 3. The molecule has 3 aliphatic rings. The van der Waals surface area contributed by atoms with Crippen LogP contribution < -0.4 is 10.1 Å². The number of benzene rings is 1. The molecule has 1 aromatic rings. The van der Waals surface area contributed by atoms with Gasteiger partial charge in [-0.05, 0) is 56.3 Å². The summed E-state index contributed by atoms with van der Waals surface area (Å²) in [6.45, 7) is 2.40. The first kappa shape index (κ1) is 15.3. The zero-order valence-electron chi connectivity index (χ0n) is 13.3. The first-order valence-electron chi connectivity index (χ1n) is 8.66. The van der Waals surface area contributed by atoms with Crippen molar-refractivity contribution in [2.24, 2.45) is 5.92 Å². The molecule has 4 nitrogen and oxygen atoms in total. The molecule has 5 heteroatoms. The molecule has 1 saturated carbocycles. The van der Waals surface area contributed by atoms with Gasteiger partial charge in [-0.2, -0.15) is 0 Å². The lowest BCUT2D eigenvalue weighted by molar-refractivity contribution is -0.137. The van der Waals surface area contributed by atoms with Crippen molar-refractivity contribution < 1.29 is 9.53 Å². The number of fused-ring (bicyclic) bond motifs is 1. The quantitative estimate of drug-likeness (QED) is 0.920. The second-order valence-corrected chi connectivity index (χ2v) is 7.42. The van der Waals surface area contributed by atoms with Gasteiger partial charge in [0.2, 0.25) is 5.91 Å². The van der Waals surface area contributed by atoms with Crippen LogP contribution in [0.15, 0.2) is 18.2 Å². The second-order valence-electron chi connectivity index (χ2n) is 6.98. The summed E-state index contributed by atoms with van der Waals surface area (Å²) in [4.78, 5) is 15.2. The van der Waals surface area contributed by atoms with Gasteiger partial charge in [-0.1, -0.05) is 17.7 Å². The summed E-state index contributed by atoms with van der Waals surface area (Å²) >= 11 is 6.01. The molecule has 124 valence electrons. The Morgan fingerprint density at radius 2 is 2.22 bits per heavy atom. The van der Waals surface area contributed by atoms with Crippen LogP contribution in [0, 0.1) is 5.92 Å². The predicted octanol–water partition coefficient (Wildman–Crippen LogP) is 2.63. The van der Waals surface area contributed by atoms with Gasteiger partial charge in [-0.25, -0.2) is 0 Å². The smallest absolute Gasteiger partial charge is 0.229 e. The first-order valence-corrected chi connectivity index (χ1v) is 9.03. The number of nitrogens with one attached hydrogen (secondary N) is 1. The topological polar surface area (TPSA) is 41.6 Å². The molecule has 2 heterocycles. The number of ether oxygens (including phenoxy) is 1. The van der Waals surface area contributed by atoms with Crippen LogP contribution in [-0.4, -0.2) is 42.6 Å². The summed E-state index contributed by atoms with van der Waals surface area (Å²) in [5.41, 5.74) is 1.09. The Labute approximate surface area is 142 Å². The lowest BCUT2D eigenvalue weighted by Gasteiger charge is -2.32. The van der Waals surface area contributed by atoms with Crippen molar-refractivity contribution in [2.75, 3.05) is 19.7 Å². The Balaban J connectivity index is 1.45. The summed E-state index contributed by atoms with van der Waals surface area (Å²) in [6, 6.07) is 6.62. The van der Waals surface area contributed by atoms with Crippen molar-refractivity contribution in [3.63, 3.8) is 0 Å². The Morgan fingerprint density at radius 1 is 1.35 bits per heavy atom. The molecule has 1 aromatic carbocycles. The van der Waals surface area contributed by atoms with Crippen molar-refractivity contribution in [3.05, 3.63) is 28.8 Å². The van der Waals surface area contributed by atoms with Crippen molar-refractivity contribution in [3.8, 4) is 5.75 Å². The van der Waals surface area contributed by atoms with Crippen LogP contribution in [0.3, 0.4) is 0 Å². The summed E-state index contributed by atoms with van der Waals surface area (Å²) in [5, 5.41) is 4.19. The van der Waals surface area contributed by atoms with E-state index in [2.05, 4.69) is 10.2 Å². The van der Waals surface area contributed by atoms with Gasteiger partial charge in [0, 0.05) is 23.7 Å². The van der Waals surface area contributed by atoms with E-state index < -0.39 is 0 Å². The van der Waals surface area contributed by atoms with Crippen LogP contribution in [0.4, 0.5) is 0 Å². The van der Waals surface area contributed by atoms with Crippen LogP contribution in [-0.2, 0) is 11.2 Å². The molecule has 0 spiro atoms. The summed E-state index contributed by atoms with van der Waals surface area (Å²) in [7, 11) is 0. The average Bonchev–Trinajstić information content (AvgIpc) is 3.27. The maximum absolute atomic E-state index is 13.0. The summed E-state index contributed by atoms with van der Waals surface area (Å²) in [5.74, 6) is 1.03.